The van der Waals surface area contributed by atoms with Gasteiger partial charge in [0, 0.05) is 22.2 Å². The van der Waals surface area contributed by atoms with Crippen molar-refractivity contribution in [2.45, 2.75) is 19.9 Å². The van der Waals surface area contributed by atoms with Crippen molar-refractivity contribution in [3.8, 4) is 17.1 Å². The van der Waals surface area contributed by atoms with Crippen molar-refractivity contribution < 1.29 is 18.7 Å². The standard InChI is InChI=1S/C32H25ClN2O5S/c1-4-39-31(37)27-18(2)34-32-35(29(27)28-23-11-6-5-8-19(23)12-14-25(28)38-3)30(36)26(41-32)17-22-13-15-24(40-22)20-9-7-10-21(33)16-20/h5-17,29H,4H2,1-3H3/b26-17+. The number of hydrogen-bond acceptors (Lipinski definition) is 7. The van der Waals surface area contributed by atoms with Crippen molar-refractivity contribution in [3.05, 3.63) is 120 Å². The Morgan fingerprint density at radius 1 is 1.12 bits per heavy atom. The van der Waals surface area contributed by atoms with E-state index >= 15 is 0 Å². The minimum absolute atomic E-state index is 0.187. The monoisotopic (exact) mass is 584 g/mol. The molecule has 3 aromatic carbocycles. The van der Waals surface area contributed by atoms with Gasteiger partial charge in [0.15, 0.2) is 4.80 Å². The summed E-state index contributed by atoms with van der Waals surface area (Å²) in [4.78, 5) is 32.6. The summed E-state index contributed by atoms with van der Waals surface area (Å²) in [6.45, 7) is 3.70. The molecule has 206 valence electrons. The van der Waals surface area contributed by atoms with E-state index in [9.17, 15) is 9.59 Å². The first-order chi connectivity index (χ1) is 19.9. The maximum Gasteiger partial charge on any atom is 0.338 e. The van der Waals surface area contributed by atoms with Crippen molar-refractivity contribution >= 4 is 45.8 Å². The fraction of sp³-hybridized carbons (Fsp3) is 0.156. The minimum atomic E-state index is -0.813. The molecule has 0 saturated carbocycles. The van der Waals surface area contributed by atoms with Crippen LogP contribution in [-0.4, -0.2) is 24.3 Å². The Kier molecular flexibility index (Phi) is 7.11. The molecule has 1 atom stereocenters. The molecule has 3 heterocycles. The summed E-state index contributed by atoms with van der Waals surface area (Å²) in [6, 6.07) is 21.8. The summed E-state index contributed by atoms with van der Waals surface area (Å²) >= 11 is 7.38. The summed E-state index contributed by atoms with van der Waals surface area (Å²) in [5, 5.41) is 2.41. The normalized spacial score (nSPS) is 15.1. The summed E-state index contributed by atoms with van der Waals surface area (Å²) < 4.78 is 19.3. The molecular weight excluding hydrogens is 560 g/mol. The minimum Gasteiger partial charge on any atom is -0.496 e. The third-order valence-corrected chi connectivity index (χ3v) is 8.17. The predicted molar refractivity (Wildman–Crippen MR) is 160 cm³/mol. The highest BCUT2D eigenvalue weighted by molar-refractivity contribution is 7.07. The lowest BCUT2D eigenvalue weighted by Crippen LogP contribution is -2.40. The molecule has 2 aromatic heterocycles. The van der Waals surface area contributed by atoms with Gasteiger partial charge in [-0.15, -0.1) is 0 Å². The van der Waals surface area contributed by atoms with E-state index in [0.29, 0.717) is 48.5 Å². The number of nitrogens with zero attached hydrogens (tertiary/aromatic N) is 2. The first-order valence-electron chi connectivity index (χ1n) is 13.0. The highest BCUT2D eigenvalue weighted by Gasteiger charge is 2.36. The summed E-state index contributed by atoms with van der Waals surface area (Å²) in [7, 11) is 1.58. The van der Waals surface area contributed by atoms with Crippen LogP contribution in [0.5, 0.6) is 5.75 Å². The number of methoxy groups -OCH3 is 1. The number of allylic oxidation sites excluding steroid dienone is 1. The van der Waals surface area contributed by atoms with Gasteiger partial charge in [-0.3, -0.25) is 9.36 Å². The summed E-state index contributed by atoms with van der Waals surface area (Å²) in [5.41, 5.74) is 2.00. The van der Waals surface area contributed by atoms with Crippen LogP contribution < -0.4 is 19.6 Å². The Labute approximate surface area is 244 Å². The van der Waals surface area contributed by atoms with Crippen LogP contribution in [0.25, 0.3) is 28.2 Å². The zero-order valence-corrected chi connectivity index (χ0v) is 24.1. The molecule has 0 fully saturated rings. The van der Waals surface area contributed by atoms with Crippen molar-refractivity contribution in [1.82, 2.24) is 4.57 Å². The lowest BCUT2D eigenvalue weighted by atomic mass is 9.90. The van der Waals surface area contributed by atoms with Gasteiger partial charge in [0.25, 0.3) is 5.56 Å². The number of hydrogen-bond donors (Lipinski definition) is 0. The van der Waals surface area contributed by atoms with Crippen LogP contribution in [-0.2, 0) is 9.53 Å². The Hall–Kier alpha value is -4.40. The van der Waals surface area contributed by atoms with Gasteiger partial charge in [0.2, 0.25) is 0 Å². The van der Waals surface area contributed by atoms with Crippen molar-refractivity contribution in [2.24, 2.45) is 4.99 Å². The van der Waals surface area contributed by atoms with Crippen LogP contribution in [0.3, 0.4) is 0 Å². The number of benzene rings is 3. The van der Waals surface area contributed by atoms with Crippen molar-refractivity contribution in [1.29, 1.82) is 0 Å². The van der Waals surface area contributed by atoms with Crippen molar-refractivity contribution in [3.63, 3.8) is 0 Å². The molecule has 0 saturated heterocycles. The SMILES string of the molecule is CCOC(=O)C1=C(C)N=c2s/c(=C/c3ccc(-c4cccc(Cl)c4)o3)c(=O)n2C1c1c(OC)ccc2ccccc12. The number of carbonyl (C=O) groups excluding carboxylic acids is 1. The van der Waals surface area contributed by atoms with E-state index in [4.69, 9.17) is 25.5 Å². The third-order valence-electron chi connectivity index (χ3n) is 6.95. The smallest absolute Gasteiger partial charge is 0.338 e. The quantitative estimate of drug-likeness (QED) is 0.233. The number of ether oxygens (including phenoxy) is 2. The van der Waals surface area contributed by atoms with Gasteiger partial charge in [-0.25, -0.2) is 9.79 Å². The van der Waals surface area contributed by atoms with E-state index in [0.717, 1.165) is 16.3 Å². The molecule has 5 aromatic rings. The van der Waals surface area contributed by atoms with Crippen molar-refractivity contribution in [2.75, 3.05) is 13.7 Å². The predicted octanol–water partition coefficient (Wildman–Crippen LogP) is 5.87. The molecular formula is C32H25ClN2O5S. The maximum atomic E-state index is 14.1. The third kappa shape index (κ3) is 4.79. The lowest BCUT2D eigenvalue weighted by Gasteiger charge is -2.27. The number of furan rings is 1. The molecule has 0 spiro atoms. The van der Waals surface area contributed by atoms with Crippen LogP contribution in [0.1, 0.15) is 31.2 Å². The molecule has 1 aliphatic heterocycles. The number of aromatic nitrogens is 1. The molecule has 7 nitrogen and oxygen atoms in total. The van der Waals surface area contributed by atoms with E-state index in [1.165, 1.54) is 11.3 Å². The summed E-state index contributed by atoms with van der Waals surface area (Å²) in [6.07, 6.45) is 1.69. The van der Waals surface area contributed by atoms with Crippen LogP contribution in [0, 0.1) is 0 Å². The number of carbonyl (C=O) groups is 1. The number of halogens is 1. The molecule has 0 bridgehead atoms. The van der Waals surface area contributed by atoms with Gasteiger partial charge in [-0.05, 0) is 55.0 Å². The van der Waals surface area contributed by atoms with E-state index < -0.39 is 12.0 Å². The highest BCUT2D eigenvalue weighted by Crippen LogP contribution is 2.40. The maximum absolute atomic E-state index is 14.1. The Bertz CT molecular complexity index is 2030. The van der Waals surface area contributed by atoms with Gasteiger partial charge in [0.05, 0.1) is 29.5 Å². The average Bonchev–Trinajstić information content (AvgIpc) is 3.56. The first-order valence-corrected chi connectivity index (χ1v) is 14.2. The largest absolute Gasteiger partial charge is 0.496 e. The second-order valence-corrected chi connectivity index (χ2v) is 10.9. The summed E-state index contributed by atoms with van der Waals surface area (Å²) in [5.74, 6) is 1.16. The van der Waals surface area contributed by atoms with Gasteiger partial charge in [0.1, 0.15) is 23.3 Å². The van der Waals surface area contributed by atoms with Crippen LogP contribution in [0.2, 0.25) is 5.02 Å². The average molecular weight is 585 g/mol. The van der Waals surface area contributed by atoms with Gasteiger partial charge in [-0.2, -0.15) is 0 Å². The molecule has 0 aliphatic carbocycles. The fourth-order valence-electron chi connectivity index (χ4n) is 5.16. The van der Waals surface area contributed by atoms with Gasteiger partial charge in [-0.1, -0.05) is 65.4 Å². The van der Waals surface area contributed by atoms with Gasteiger partial charge < -0.3 is 13.9 Å². The zero-order valence-electron chi connectivity index (χ0n) is 22.5. The first kappa shape index (κ1) is 26.8. The number of thiazole rings is 1. The topological polar surface area (TPSA) is 83.0 Å². The fourth-order valence-corrected chi connectivity index (χ4v) is 6.37. The number of fused-ring (bicyclic) bond motifs is 2. The number of rotatable bonds is 6. The molecule has 9 heteroatoms. The molecule has 1 aliphatic rings. The molecule has 41 heavy (non-hydrogen) atoms. The number of esters is 1. The molecule has 0 radical (unpaired) electrons. The molecule has 0 N–H and O–H groups in total. The van der Waals surface area contributed by atoms with E-state index in [1.807, 2.05) is 60.7 Å². The molecule has 0 amide bonds. The van der Waals surface area contributed by atoms with Crippen LogP contribution in [0.15, 0.2) is 98.3 Å². The van der Waals surface area contributed by atoms with E-state index in [-0.39, 0.29) is 12.2 Å². The zero-order chi connectivity index (χ0) is 28.7. The molecule has 6 rings (SSSR count). The Morgan fingerprint density at radius 2 is 1.95 bits per heavy atom. The molecule has 1 unspecified atom stereocenters. The van der Waals surface area contributed by atoms with Crippen LogP contribution in [0.4, 0.5) is 0 Å². The lowest BCUT2D eigenvalue weighted by molar-refractivity contribution is -0.139. The second-order valence-electron chi connectivity index (χ2n) is 9.42. The van der Waals surface area contributed by atoms with E-state index in [2.05, 4.69) is 4.99 Å². The van der Waals surface area contributed by atoms with E-state index in [1.54, 1.807) is 43.7 Å². The van der Waals surface area contributed by atoms with Crippen LogP contribution >= 0.6 is 22.9 Å². The second kappa shape index (κ2) is 10.9. The Balaban J connectivity index is 1.57. The van der Waals surface area contributed by atoms with Gasteiger partial charge >= 0.3 is 5.97 Å². The highest BCUT2D eigenvalue weighted by atomic mass is 35.5. The Morgan fingerprint density at radius 3 is 2.73 bits per heavy atom.